The Morgan fingerprint density at radius 1 is 1.18 bits per heavy atom. The molecule has 0 spiro atoms. The van der Waals surface area contributed by atoms with E-state index in [1.165, 1.54) is 41.5 Å². The van der Waals surface area contributed by atoms with Crippen LogP contribution in [0.3, 0.4) is 0 Å². The SMILES string of the molecule is COc1c(C)c(C)cc(C)c1C1CCCCN1. The molecule has 0 aromatic heterocycles. The lowest BCUT2D eigenvalue weighted by Crippen LogP contribution is -2.28. The minimum atomic E-state index is 0.470. The van der Waals surface area contributed by atoms with E-state index in [2.05, 4.69) is 32.2 Å². The molecule has 1 fully saturated rings. The van der Waals surface area contributed by atoms with Gasteiger partial charge in [0, 0.05) is 11.6 Å². The van der Waals surface area contributed by atoms with E-state index in [0.717, 1.165) is 12.3 Å². The smallest absolute Gasteiger partial charge is 0.127 e. The van der Waals surface area contributed by atoms with Gasteiger partial charge in [-0.3, -0.25) is 0 Å². The quantitative estimate of drug-likeness (QED) is 0.845. The van der Waals surface area contributed by atoms with Crippen LogP contribution in [0.25, 0.3) is 0 Å². The third-order valence-electron chi connectivity index (χ3n) is 3.90. The summed E-state index contributed by atoms with van der Waals surface area (Å²) in [5, 5.41) is 3.62. The molecule has 2 rings (SSSR count). The second kappa shape index (κ2) is 5.09. The maximum Gasteiger partial charge on any atom is 0.127 e. The van der Waals surface area contributed by atoms with Gasteiger partial charge < -0.3 is 10.1 Å². The van der Waals surface area contributed by atoms with E-state index >= 15 is 0 Å². The van der Waals surface area contributed by atoms with Crippen LogP contribution in [-0.4, -0.2) is 13.7 Å². The van der Waals surface area contributed by atoms with Crippen LogP contribution in [0, 0.1) is 20.8 Å². The van der Waals surface area contributed by atoms with Gasteiger partial charge in [-0.25, -0.2) is 0 Å². The normalized spacial score (nSPS) is 20.4. The number of nitrogens with one attached hydrogen (secondary N) is 1. The maximum absolute atomic E-state index is 5.65. The molecule has 1 aromatic carbocycles. The van der Waals surface area contributed by atoms with Crippen molar-refractivity contribution in [3.05, 3.63) is 28.3 Å². The number of aryl methyl sites for hydroxylation is 2. The molecule has 1 aliphatic heterocycles. The molecular weight excluding hydrogens is 210 g/mol. The van der Waals surface area contributed by atoms with Crippen LogP contribution in [0.4, 0.5) is 0 Å². The zero-order valence-corrected chi connectivity index (χ0v) is 11.4. The van der Waals surface area contributed by atoms with Gasteiger partial charge in [0.2, 0.25) is 0 Å². The van der Waals surface area contributed by atoms with Crippen molar-refractivity contribution >= 4 is 0 Å². The van der Waals surface area contributed by atoms with Crippen LogP contribution < -0.4 is 10.1 Å². The molecule has 1 aliphatic rings. The predicted molar refractivity (Wildman–Crippen MR) is 71.8 cm³/mol. The molecule has 1 atom stereocenters. The fourth-order valence-electron chi connectivity index (χ4n) is 2.87. The Bertz CT molecular complexity index is 406. The Kier molecular flexibility index (Phi) is 3.72. The van der Waals surface area contributed by atoms with E-state index < -0.39 is 0 Å². The van der Waals surface area contributed by atoms with E-state index in [4.69, 9.17) is 4.74 Å². The highest BCUT2D eigenvalue weighted by Gasteiger charge is 2.22. The molecule has 0 bridgehead atoms. The van der Waals surface area contributed by atoms with Crippen molar-refractivity contribution in [1.29, 1.82) is 0 Å². The highest BCUT2D eigenvalue weighted by molar-refractivity contribution is 5.51. The minimum Gasteiger partial charge on any atom is -0.496 e. The van der Waals surface area contributed by atoms with Crippen LogP contribution in [-0.2, 0) is 0 Å². The zero-order valence-electron chi connectivity index (χ0n) is 11.4. The van der Waals surface area contributed by atoms with Crippen LogP contribution in [0.1, 0.15) is 47.6 Å². The molecule has 0 radical (unpaired) electrons. The molecule has 1 N–H and O–H groups in total. The van der Waals surface area contributed by atoms with E-state index in [0.29, 0.717) is 6.04 Å². The molecule has 1 heterocycles. The van der Waals surface area contributed by atoms with Gasteiger partial charge in [0.05, 0.1) is 7.11 Å². The van der Waals surface area contributed by atoms with Crippen molar-refractivity contribution in [2.45, 2.75) is 46.1 Å². The summed E-state index contributed by atoms with van der Waals surface area (Å²) >= 11 is 0. The molecule has 1 unspecified atom stereocenters. The monoisotopic (exact) mass is 233 g/mol. The van der Waals surface area contributed by atoms with Crippen molar-refractivity contribution in [3.63, 3.8) is 0 Å². The first kappa shape index (κ1) is 12.4. The van der Waals surface area contributed by atoms with Crippen molar-refractivity contribution in [2.75, 3.05) is 13.7 Å². The summed E-state index contributed by atoms with van der Waals surface area (Å²) in [5.41, 5.74) is 5.32. The van der Waals surface area contributed by atoms with Crippen LogP contribution in [0.15, 0.2) is 6.07 Å². The number of rotatable bonds is 2. The summed E-state index contributed by atoms with van der Waals surface area (Å²) in [5.74, 6) is 1.09. The van der Waals surface area contributed by atoms with Gasteiger partial charge in [0.25, 0.3) is 0 Å². The van der Waals surface area contributed by atoms with E-state index in [1.807, 2.05) is 0 Å². The van der Waals surface area contributed by atoms with Gasteiger partial charge in [-0.15, -0.1) is 0 Å². The Hall–Kier alpha value is -1.02. The number of methoxy groups -OCH3 is 1. The summed E-state index contributed by atoms with van der Waals surface area (Å²) in [4.78, 5) is 0. The molecule has 1 saturated heterocycles. The van der Waals surface area contributed by atoms with E-state index in [-0.39, 0.29) is 0 Å². The highest BCUT2D eigenvalue weighted by atomic mass is 16.5. The summed E-state index contributed by atoms with van der Waals surface area (Å²) in [6.07, 6.45) is 3.83. The molecule has 0 aliphatic carbocycles. The summed E-state index contributed by atoms with van der Waals surface area (Å²) in [6, 6.07) is 2.75. The Morgan fingerprint density at radius 3 is 2.53 bits per heavy atom. The second-order valence-corrected chi connectivity index (χ2v) is 5.08. The lowest BCUT2D eigenvalue weighted by Gasteiger charge is -2.28. The first-order valence-corrected chi connectivity index (χ1v) is 6.53. The number of piperidine rings is 1. The first-order chi connectivity index (χ1) is 8.15. The average Bonchev–Trinajstić information content (AvgIpc) is 2.34. The van der Waals surface area contributed by atoms with Gasteiger partial charge in [0.15, 0.2) is 0 Å². The fourth-order valence-corrected chi connectivity index (χ4v) is 2.87. The number of hydrogen-bond acceptors (Lipinski definition) is 2. The van der Waals surface area contributed by atoms with E-state index in [1.54, 1.807) is 7.11 Å². The Balaban J connectivity index is 2.47. The topological polar surface area (TPSA) is 21.3 Å². The largest absolute Gasteiger partial charge is 0.496 e. The average molecular weight is 233 g/mol. The lowest BCUT2D eigenvalue weighted by molar-refractivity contribution is 0.370. The fraction of sp³-hybridized carbons (Fsp3) is 0.600. The number of benzene rings is 1. The first-order valence-electron chi connectivity index (χ1n) is 6.53. The molecule has 2 heteroatoms. The summed E-state index contributed by atoms with van der Waals surface area (Å²) < 4.78 is 5.65. The standard InChI is InChI=1S/C15H23NO/c1-10-9-11(2)14(15(17-4)12(10)3)13-7-5-6-8-16-13/h9,13,16H,5-8H2,1-4H3. The molecule has 94 valence electrons. The van der Waals surface area contributed by atoms with Crippen LogP contribution in [0.5, 0.6) is 5.75 Å². The van der Waals surface area contributed by atoms with Gasteiger partial charge in [-0.1, -0.05) is 12.5 Å². The summed E-state index contributed by atoms with van der Waals surface area (Å²) in [6.45, 7) is 7.63. The molecule has 0 saturated carbocycles. The molecular formula is C15H23NO. The van der Waals surface area contributed by atoms with Gasteiger partial charge in [-0.05, 0) is 56.8 Å². The second-order valence-electron chi connectivity index (χ2n) is 5.08. The van der Waals surface area contributed by atoms with Crippen molar-refractivity contribution in [3.8, 4) is 5.75 Å². The van der Waals surface area contributed by atoms with Crippen LogP contribution in [0.2, 0.25) is 0 Å². The Labute approximate surface area is 104 Å². The number of ether oxygens (including phenoxy) is 1. The third-order valence-corrected chi connectivity index (χ3v) is 3.90. The predicted octanol–water partition coefficient (Wildman–Crippen LogP) is 3.44. The third kappa shape index (κ3) is 2.32. The van der Waals surface area contributed by atoms with Crippen molar-refractivity contribution < 1.29 is 4.74 Å². The zero-order chi connectivity index (χ0) is 12.4. The van der Waals surface area contributed by atoms with Gasteiger partial charge in [0.1, 0.15) is 5.75 Å². The Morgan fingerprint density at radius 2 is 1.94 bits per heavy atom. The van der Waals surface area contributed by atoms with Crippen molar-refractivity contribution in [1.82, 2.24) is 5.32 Å². The number of hydrogen-bond donors (Lipinski definition) is 1. The maximum atomic E-state index is 5.65. The molecule has 0 amide bonds. The van der Waals surface area contributed by atoms with Crippen LogP contribution >= 0.6 is 0 Å². The molecule has 17 heavy (non-hydrogen) atoms. The van der Waals surface area contributed by atoms with Crippen molar-refractivity contribution in [2.24, 2.45) is 0 Å². The van der Waals surface area contributed by atoms with Gasteiger partial charge >= 0.3 is 0 Å². The minimum absolute atomic E-state index is 0.470. The van der Waals surface area contributed by atoms with E-state index in [9.17, 15) is 0 Å². The van der Waals surface area contributed by atoms with Gasteiger partial charge in [-0.2, -0.15) is 0 Å². The highest BCUT2D eigenvalue weighted by Crippen LogP contribution is 2.36. The lowest BCUT2D eigenvalue weighted by atomic mass is 9.90. The summed E-state index contributed by atoms with van der Waals surface area (Å²) in [7, 11) is 1.79. The molecule has 1 aromatic rings. The molecule has 2 nitrogen and oxygen atoms in total.